The topological polar surface area (TPSA) is 63.1 Å². The fourth-order valence-electron chi connectivity index (χ4n) is 2.77. The molecule has 0 unspecified atom stereocenters. The van der Waals surface area contributed by atoms with Gasteiger partial charge in [-0.15, -0.1) is 0 Å². The first-order chi connectivity index (χ1) is 11.1. The quantitative estimate of drug-likeness (QED) is 0.875. The lowest BCUT2D eigenvalue weighted by Crippen LogP contribution is -2.07. The molecule has 0 radical (unpaired) electrons. The van der Waals surface area contributed by atoms with Gasteiger partial charge >= 0.3 is 5.97 Å². The predicted molar refractivity (Wildman–Crippen MR) is 90.5 cm³/mol. The molecule has 1 aromatic carbocycles. The van der Waals surface area contributed by atoms with Crippen LogP contribution in [0.15, 0.2) is 36.0 Å². The van der Waals surface area contributed by atoms with E-state index in [1.165, 1.54) is 18.2 Å². The zero-order valence-corrected chi connectivity index (χ0v) is 13.4. The van der Waals surface area contributed by atoms with E-state index in [2.05, 4.69) is 9.97 Å². The smallest absolute Gasteiger partial charge is 0.356 e. The Kier molecular flexibility index (Phi) is 4.72. The van der Waals surface area contributed by atoms with Crippen molar-refractivity contribution in [3.05, 3.63) is 52.4 Å². The molecule has 1 aliphatic carbocycles. The molecule has 118 valence electrons. The third-order valence-corrected chi connectivity index (χ3v) is 4.23. The average molecular weight is 329 g/mol. The standard InChI is InChI=1S/C18H17ClN2O2/c19-14-8-6-13(7-9-14)16-11-20-17(18(22)23)15(21-16)10-12-4-2-1-3-5-12/h6-11H,1-5H2,(H,22,23). The number of rotatable bonds is 3. The molecule has 0 saturated heterocycles. The number of carboxylic acids is 1. The third kappa shape index (κ3) is 3.77. The van der Waals surface area contributed by atoms with Crippen LogP contribution in [0.1, 0.15) is 48.3 Å². The second-order valence-electron chi connectivity index (χ2n) is 5.66. The van der Waals surface area contributed by atoms with Gasteiger partial charge in [0.15, 0.2) is 5.69 Å². The molecule has 0 atom stereocenters. The molecule has 1 heterocycles. The lowest BCUT2D eigenvalue weighted by atomic mass is 9.94. The van der Waals surface area contributed by atoms with Crippen LogP contribution in [0.4, 0.5) is 0 Å². The van der Waals surface area contributed by atoms with Gasteiger partial charge in [0.25, 0.3) is 0 Å². The number of hydrogen-bond donors (Lipinski definition) is 1. The number of carbonyl (C=O) groups is 1. The first-order valence-corrected chi connectivity index (χ1v) is 8.07. The summed E-state index contributed by atoms with van der Waals surface area (Å²) in [5.41, 5.74) is 3.19. The van der Waals surface area contributed by atoms with Crippen molar-refractivity contribution in [3.8, 4) is 11.3 Å². The number of hydrogen-bond acceptors (Lipinski definition) is 3. The number of aromatic nitrogens is 2. The highest BCUT2D eigenvalue weighted by Crippen LogP contribution is 2.26. The summed E-state index contributed by atoms with van der Waals surface area (Å²) in [6, 6.07) is 7.26. The summed E-state index contributed by atoms with van der Waals surface area (Å²) < 4.78 is 0. The Morgan fingerprint density at radius 3 is 2.48 bits per heavy atom. The van der Waals surface area contributed by atoms with E-state index in [-0.39, 0.29) is 5.69 Å². The van der Waals surface area contributed by atoms with Crippen molar-refractivity contribution in [2.45, 2.75) is 32.1 Å². The lowest BCUT2D eigenvalue weighted by molar-refractivity contribution is 0.0689. The minimum Gasteiger partial charge on any atom is -0.476 e. The Hall–Kier alpha value is -2.20. The van der Waals surface area contributed by atoms with Crippen LogP contribution in [-0.2, 0) is 0 Å². The summed E-state index contributed by atoms with van der Waals surface area (Å²) in [5.74, 6) is -1.05. The van der Waals surface area contributed by atoms with Crippen LogP contribution in [-0.4, -0.2) is 21.0 Å². The Morgan fingerprint density at radius 2 is 1.83 bits per heavy atom. The number of allylic oxidation sites excluding steroid dienone is 1. The molecular weight excluding hydrogens is 312 g/mol. The summed E-state index contributed by atoms with van der Waals surface area (Å²) in [6.45, 7) is 0. The van der Waals surface area contributed by atoms with Crippen LogP contribution < -0.4 is 0 Å². The third-order valence-electron chi connectivity index (χ3n) is 3.98. The summed E-state index contributed by atoms with van der Waals surface area (Å²) >= 11 is 5.90. The molecule has 3 rings (SSSR count). The lowest BCUT2D eigenvalue weighted by Gasteiger charge is -2.14. The van der Waals surface area contributed by atoms with Crippen molar-refractivity contribution in [3.63, 3.8) is 0 Å². The Bertz CT molecular complexity index is 746. The van der Waals surface area contributed by atoms with Gasteiger partial charge < -0.3 is 5.11 Å². The van der Waals surface area contributed by atoms with Gasteiger partial charge in [-0.2, -0.15) is 0 Å². The fourth-order valence-corrected chi connectivity index (χ4v) is 2.90. The number of nitrogens with zero attached hydrogens (tertiary/aromatic N) is 2. The number of benzene rings is 1. The molecule has 1 aliphatic rings. The average Bonchev–Trinajstić information content (AvgIpc) is 2.56. The SMILES string of the molecule is O=C(O)c1ncc(-c2ccc(Cl)cc2)nc1C=C1CCCCC1. The van der Waals surface area contributed by atoms with Gasteiger partial charge in [-0.1, -0.05) is 35.7 Å². The van der Waals surface area contributed by atoms with Gasteiger partial charge in [-0.3, -0.25) is 0 Å². The second-order valence-corrected chi connectivity index (χ2v) is 6.10. The first kappa shape index (κ1) is 15.7. The monoisotopic (exact) mass is 328 g/mol. The Balaban J connectivity index is 2.02. The highest BCUT2D eigenvalue weighted by Gasteiger charge is 2.15. The molecule has 1 aromatic heterocycles. The molecule has 1 saturated carbocycles. The predicted octanol–water partition coefficient (Wildman–Crippen LogP) is 4.84. The van der Waals surface area contributed by atoms with Crippen molar-refractivity contribution < 1.29 is 9.90 Å². The highest BCUT2D eigenvalue weighted by molar-refractivity contribution is 6.30. The molecule has 1 fully saturated rings. The van der Waals surface area contributed by atoms with Crippen LogP contribution in [0.5, 0.6) is 0 Å². The minimum atomic E-state index is -1.05. The van der Waals surface area contributed by atoms with Crippen molar-refractivity contribution in [2.75, 3.05) is 0 Å². The molecule has 5 heteroatoms. The molecule has 23 heavy (non-hydrogen) atoms. The number of carboxylic acid groups (broad SMARTS) is 1. The van der Waals surface area contributed by atoms with Crippen LogP contribution in [0.2, 0.25) is 5.02 Å². The van der Waals surface area contributed by atoms with Crippen molar-refractivity contribution in [1.29, 1.82) is 0 Å². The van der Waals surface area contributed by atoms with Gasteiger partial charge in [-0.05, 0) is 43.9 Å². The molecule has 1 N–H and O–H groups in total. The maximum atomic E-state index is 11.4. The van der Waals surface area contributed by atoms with E-state index < -0.39 is 5.97 Å². The zero-order chi connectivity index (χ0) is 16.2. The molecule has 0 spiro atoms. The van der Waals surface area contributed by atoms with Crippen LogP contribution in [0.3, 0.4) is 0 Å². The molecule has 4 nitrogen and oxygen atoms in total. The zero-order valence-electron chi connectivity index (χ0n) is 12.6. The molecule has 0 aliphatic heterocycles. The summed E-state index contributed by atoms with van der Waals surface area (Å²) in [4.78, 5) is 20.0. The van der Waals surface area contributed by atoms with Crippen LogP contribution in [0, 0.1) is 0 Å². The van der Waals surface area contributed by atoms with E-state index in [4.69, 9.17) is 11.6 Å². The van der Waals surface area contributed by atoms with Gasteiger partial charge in [0.1, 0.15) is 0 Å². The highest BCUT2D eigenvalue weighted by atomic mass is 35.5. The Morgan fingerprint density at radius 1 is 1.13 bits per heavy atom. The van der Waals surface area contributed by atoms with Crippen molar-refractivity contribution in [2.24, 2.45) is 0 Å². The molecule has 2 aromatic rings. The molecule has 0 amide bonds. The van der Waals surface area contributed by atoms with Gasteiger partial charge in [-0.25, -0.2) is 14.8 Å². The number of halogens is 1. The number of aromatic carboxylic acids is 1. The van der Waals surface area contributed by atoms with E-state index in [0.717, 1.165) is 31.2 Å². The Labute approximate surface area is 139 Å². The summed E-state index contributed by atoms with van der Waals surface area (Å²) in [5, 5.41) is 9.99. The van der Waals surface area contributed by atoms with E-state index in [1.807, 2.05) is 18.2 Å². The fraction of sp³-hybridized carbons (Fsp3) is 0.278. The maximum Gasteiger partial charge on any atom is 0.356 e. The van der Waals surface area contributed by atoms with E-state index in [0.29, 0.717) is 16.4 Å². The van der Waals surface area contributed by atoms with Gasteiger partial charge in [0.2, 0.25) is 0 Å². The van der Waals surface area contributed by atoms with Crippen LogP contribution >= 0.6 is 11.6 Å². The maximum absolute atomic E-state index is 11.4. The minimum absolute atomic E-state index is 0.000729. The summed E-state index contributed by atoms with van der Waals surface area (Å²) in [7, 11) is 0. The van der Waals surface area contributed by atoms with E-state index >= 15 is 0 Å². The van der Waals surface area contributed by atoms with Crippen LogP contribution in [0.25, 0.3) is 17.3 Å². The van der Waals surface area contributed by atoms with E-state index in [1.54, 1.807) is 12.1 Å². The van der Waals surface area contributed by atoms with Gasteiger partial charge in [0, 0.05) is 10.6 Å². The van der Waals surface area contributed by atoms with E-state index in [9.17, 15) is 9.90 Å². The molecular formula is C18H17ClN2O2. The van der Waals surface area contributed by atoms with Crippen molar-refractivity contribution in [1.82, 2.24) is 9.97 Å². The second kappa shape index (κ2) is 6.92. The normalized spacial score (nSPS) is 14.6. The van der Waals surface area contributed by atoms with Gasteiger partial charge in [0.05, 0.1) is 17.6 Å². The first-order valence-electron chi connectivity index (χ1n) is 7.69. The summed E-state index contributed by atoms with van der Waals surface area (Å²) in [6.07, 6.45) is 8.94. The largest absolute Gasteiger partial charge is 0.476 e. The van der Waals surface area contributed by atoms with Crippen molar-refractivity contribution >= 4 is 23.6 Å². The molecule has 0 bridgehead atoms.